The third kappa shape index (κ3) is 2.28. The number of ether oxygens (including phenoxy) is 1. The van der Waals surface area contributed by atoms with Gasteiger partial charge < -0.3 is 9.84 Å². The summed E-state index contributed by atoms with van der Waals surface area (Å²) in [6.07, 6.45) is 12.7. The second-order valence-corrected chi connectivity index (χ2v) is 9.63. The van der Waals surface area contributed by atoms with Gasteiger partial charge in [-0.25, -0.2) is 0 Å². The highest BCUT2D eigenvalue weighted by atomic mass is 16.6. The summed E-state index contributed by atoms with van der Waals surface area (Å²) < 4.78 is 5.54. The van der Waals surface area contributed by atoms with Gasteiger partial charge in [0.2, 0.25) is 0 Å². The molecule has 0 spiro atoms. The molecule has 4 aliphatic carbocycles. The van der Waals surface area contributed by atoms with Crippen molar-refractivity contribution in [2.75, 3.05) is 7.11 Å². The first kappa shape index (κ1) is 17.1. The highest BCUT2D eigenvalue weighted by Gasteiger charge is 2.57. The molecule has 0 radical (unpaired) electrons. The van der Waals surface area contributed by atoms with Crippen LogP contribution >= 0.6 is 0 Å². The SMILES string of the molecule is CC=C1CC[C@H]2[C@@H]3CC[C@H]4C[C@@](O)(OC)[C@H](C)C[C@@H]4[C@H]3CC[C@]12C. The first-order valence-corrected chi connectivity index (χ1v) is 10.4. The standard InChI is InChI=1S/C22H36O2/c1-5-16-7-9-20-18-8-6-15-13-22(23,24-4)14(2)12-19(15)17(18)10-11-21(16,20)3/h5,14-15,17-20,23H,6-13H2,1-4H3/t14-,15+,17+,18-,19+,20+,21-,22-/m1/s1. The van der Waals surface area contributed by atoms with Gasteiger partial charge in [-0.1, -0.05) is 25.5 Å². The van der Waals surface area contributed by atoms with E-state index in [4.69, 9.17) is 4.74 Å². The summed E-state index contributed by atoms with van der Waals surface area (Å²) in [7, 11) is 1.69. The number of hydrogen-bond acceptors (Lipinski definition) is 2. The Balaban J connectivity index is 1.57. The van der Waals surface area contributed by atoms with Crippen LogP contribution in [0.2, 0.25) is 0 Å². The molecular formula is C22H36O2. The fourth-order valence-corrected chi connectivity index (χ4v) is 7.63. The average Bonchev–Trinajstić information content (AvgIpc) is 2.92. The highest BCUT2D eigenvalue weighted by Crippen LogP contribution is 2.64. The lowest BCUT2D eigenvalue weighted by Gasteiger charge is -2.57. The molecule has 0 aromatic heterocycles. The summed E-state index contributed by atoms with van der Waals surface area (Å²) >= 11 is 0. The lowest BCUT2D eigenvalue weighted by Crippen LogP contribution is -2.53. The maximum atomic E-state index is 10.8. The molecule has 8 atom stereocenters. The zero-order chi connectivity index (χ0) is 17.1. The molecule has 136 valence electrons. The Labute approximate surface area is 148 Å². The molecular weight excluding hydrogens is 296 g/mol. The van der Waals surface area contributed by atoms with Crippen molar-refractivity contribution >= 4 is 0 Å². The Morgan fingerprint density at radius 1 is 1.12 bits per heavy atom. The molecule has 4 fully saturated rings. The van der Waals surface area contributed by atoms with Crippen molar-refractivity contribution in [3.63, 3.8) is 0 Å². The van der Waals surface area contributed by atoms with E-state index in [2.05, 4.69) is 26.8 Å². The van der Waals surface area contributed by atoms with Crippen molar-refractivity contribution in [2.24, 2.45) is 40.9 Å². The zero-order valence-corrected chi connectivity index (χ0v) is 16.1. The predicted molar refractivity (Wildman–Crippen MR) is 97.4 cm³/mol. The normalized spacial score (nSPS) is 55.8. The van der Waals surface area contributed by atoms with E-state index in [0.717, 1.165) is 36.5 Å². The summed E-state index contributed by atoms with van der Waals surface area (Å²) in [5.41, 5.74) is 2.25. The molecule has 4 rings (SSSR count). The minimum atomic E-state index is -0.872. The summed E-state index contributed by atoms with van der Waals surface area (Å²) in [4.78, 5) is 0. The van der Waals surface area contributed by atoms with E-state index in [9.17, 15) is 5.11 Å². The third-order valence-electron chi connectivity index (χ3n) is 9.02. The molecule has 1 N–H and O–H groups in total. The van der Waals surface area contributed by atoms with E-state index in [1.54, 1.807) is 12.7 Å². The van der Waals surface area contributed by atoms with Crippen molar-refractivity contribution < 1.29 is 9.84 Å². The van der Waals surface area contributed by atoms with Crippen LogP contribution in [0.4, 0.5) is 0 Å². The van der Waals surface area contributed by atoms with Gasteiger partial charge >= 0.3 is 0 Å². The number of aliphatic hydroxyl groups is 1. The Hall–Kier alpha value is -0.340. The van der Waals surface area contributed by atoms with Crippen LogP contribution in [0.1, 0.15) is 72.1 Å². The van der Waals surface area contributed by atoms with E-state index in [1.807, 2.05) is 0 Å². The fraction of sp³-hybridized carbons (Fsp3) is 0.909. The van der Waals surface area contributed by atoms with E-state index >= 15 is 0 Å². The Morgan fingerprint density at radius 3 is 2.62 bits per heavy atom. The molecule has 0 aromatic rings. The van der Waals surface area contributed by atoms with Gasteiger partial charge in [0.15, 0.2) is 5.79 Å². The summed E-state index contributed by atoms with van der Waals surface area (Å²) in [5, 5.41) is 10.8. The number of fused-ring (bicyclic) bond motifs is 5. The molecule has 0 saturated heterocycles. The van der Waals surface area contributed by atoms with Crippen molar-refractivity contribution in [1.82, 2.24) is 0 Å². The van der Waals surface area contributed by atoms with Gasteiger partial charge in [0.05, 0.1) is 0 Å². The van der Waals surface area contributed by atoms with Crippen LogP contribution in [0.5, 0.6) is 0 Å². The van der Waals surface area contributed by atoms with E-state index in [0.29, 0.717) is 11.3 Å². The summed E-state index contributed by atoms with van der Waals surface area (Å²) in [6.45, 7) is 7.01. The van der Waals surface area contributed by atoms with Gasteiger partial charge in [0, 0.05) is 19.4 Å². The Morgan fingerprint density at radius 2 is 1.92 bits per heavy atom. The molecule has 0 unspecified atom stereocenters. The van der Waals surface area contributed by atoms with Crippen LogP contribution in [-0.4, -0.2) is 18.0 Å². The first-order chi connectivity index (χ1) is 11.4. The van der Waals surface area contributed by atoms with E-state index in [1.165, 1.54) is 38.5 Å². The van der Waals surface area contributed by atoms with Gasteiger partial charge in [-0.2, -0.15) is 0 Å². The molecule has 0 bridgehead atoms. The van der Waals surface area contributed by atoms with Gasteiger partial charge in [0.1, 0.15) is 0 Å². The van der Waals surface area contributed by atoms with Gasteiger partial charge in [0.25, 0.3) is 0 Å². The van der Waals surface area contributed by atoms with Crippen LogP contribution < -0.4 is 0 Å². The number of rotatable bonds is 1. The van der Waals surface area contributed by atoms with Crippen molar-refractivity contribution in [2.45, 2.75) is 77.9 Å². The number of allylic oxidation sites excluding steroid dienone is 2. The quantitative estimate of drug-likeness (QED) is 0.530. The Bertz CT molecular complexity index is 526. The summed E-state index contributed by atoms with van der Waals surface area (Å²) in [6, 6.07) is 0. The van der Waals surface area contributed by atoms with Gasteiger partial charge in [-0.15, -0.1) is 0 Å². The topological polar surface area (TPSA) is 29.5 Å². The molecule has 0 aromatic carbocycles. The van der Waals surface area contributed by atoms with Crippen molar-refractivity contribution in [3.8, 4) is 0 Å². The monoisotopic (exact) mass is 332 g/mol. The maximum Gasteiger partial charge on any atom is 0.167 e. The largest absolute Gasteiger partial charge is 0.365 e. The van der Waals surface area contributed by atoms with Gasteiger partial charge in [-0.3, -0.25) is 0 Å². The minimum Gasteiger partial charge on any atom is -0.365 e. The Kier molecular flexibility index (Phi) is 4.16. The maximum absolute atomic E-state index is 10.8. The van der Waals surface area contributed by atoms with Crippen LogP contribution in [-0.2, 0) is 4.74 Å². The molecule has 4 saturated carbocycles. The molecule has 0 aliphatic heterocycles. The molecule has 2 nitrogen and oxygen atoms in total. The van der Waals surface area contributed by atoms with Gasteiger partial charge in [-0.05, 0) is 86.9 Å². The van der Waals surface area contributed by atoms with Crippen LogP contribution in [0.15, 0.2) is 11.6 Å². The average molecular weight is 333 g/mol. The molecule has 4 aliphatic rings. The summed E-state index contributed by atoms with van der Waals surface area (Å²) in [5.74, 6) is 3.66. The molecule has 0 amide bonds. The smallest absolute Gasteiger partial charge is 0.167 e. The highest BCUT2D eigenvalue weighted by molar-refractivity contribution is 5.23. The second kappa shape index (κ2) is 5.84. The third-order valence-corrected chi connectivity index (χ3v) is 9.02. The lowest BCUT2D eigenvalue weighted by molar-refractivity contribution is -0.258. The lowest BCUT2D eigenvalue weighted by atomic mass is 9.49. The molecule has 2 heteroatoms. The van der Waals surface area contributed by atoms with Crippen LogP contribution in [0.25, 0.3) is 0 Å². The number of methoxy groups -OCH3 is 1. The molecule has 0 heterocycles. The van der Waals surface area contributed by atoms with E-state index < -0.39 is 5.79 Å². The van der Waals surface area contributed by atoms with E-state index in [-0.39, 0.29) is 5.92 Å². The van der Waals surface area contributed by atoms with Crippen molar-refractivity contribution in [1.29, 1.82) is 0 Å². The minimum absolute atomic E-state index is 0.269. The van der Waals surface area contributed by atoms with Crippen molar-refractivity contribution in [3.05, 3.63) is 11.6 Å². The van der Waals surface area contributed by atoms with Crippen LogP contribution in [0, 0.1) is 40.9 Å². The second-order valence-electron chi connectivity index (χ2n) is 9.63. The zero-order valence-electron chi connectivity index (χ0n) is 16.1. The predicted octanol–water partition coefficient (Wildman–Crippen LogP) is 5.17. The molecule has 24 heavy (non-hydrogen) atoms. The fourth-order valence-electron chi connectivity index (χ4n) is 7.63. The number of hydrogen-bond donors (Lipinski definition) is 1. The first-order valence-electron chi connectivity index (χ1n) is 10.4. The van der Waals surface area contributed by atoms with Crippen LogP contribution in [0.3, 0.4) is 0 Å².